The maximum Gasteiger partial charge on any atom is 0.376 e. The largest absolute Gasteiger partial charge is 0.376 e. The molecule has 21 heavy (non-hydrogen) atoms. The number of rotatable bonds is 5. The molecule has 4 heteroatoms. The highest BCUT2D eigenvalue weighted by molar-refractivity contribution is 5.91. The topological polar surface area (TPSA) is 44.8 Å². The van der Waals surface area contributed by atoms with Crippen molar-refractivity contribution in [2.75, 3.05) is 0 Å². The predicted molar refractivity (Wildman–Crippen MR) is 82.0 cm³/mol. The predicted octanol–water partition coefficient (Wildman–Crippen LogP) is 4.75. The Labute approximate surface area is 127 Å². The lowest BCUT2D eigenvalue weighted by Gasteiger charge is -2.19. The molecule has 0 N–H and O–H groups in total. The number of carbonyl (C=O) groups is 1. The molecule has 4 nitrogen and oxygen atoms in total. The summed E-state index contributed by atoms with van der Waals surface area (Å²) >= 11 is 0. The molecule has 0 aliphatic rings. The molecule has 0 unspecified atom stereocenters. The third kappa shape index (κ3) is 5.14. The van der Waals surface area contributed by atoms with Gasteiger partial charge in [-0.15, -0.1) is 0 Å². The van der Waals surface area contributed by atoms with Crippen molar-refractivity contribution >= 4 is 5.97 Å². The van der Waals surface area contributed by atoms with E-state index in [1.165, 1.54) is 0 Å². The maximum atomic E-state index is 12.2. The summed E-state index contributed by atoms with van der Waals surface area (Å²) in [6.45, 7) is 13.7. The highest BCUT2D eigenvalue weighted by Gasteiger charge is 2.21. The number of benzene rings is 1. The highest BCUT2D eigenvalue weighted by atomic mass is 17.5. The minimum absolute atomic E-state index is 0.217. The first kappa shape index (κ1) is 17.7. The van der Waals surface area contributed by atoms with Crippen LogP contribution < -0.4 is 0 Å². The van der Waals surface area contributed by atoms with Crippen LogP contribution in [0.3, 0.4) is 0 Å². The second-order valence-corrected chi connectivity index (χ2v) is 6.75. The van der Waals surface area contributed by atoms with Crippen molar-refractivity contribution in [3.63, 3.8) is 0 Å². The molecule has 0 heterocycles. The van der Waals surface area contributed by atoms with Crippen LogP contribution in [0.1, 0.15) is 81.8 Å². The van der Waals surface area contributed by atoms with Crippen molar-refractivity contribution in [3.05, 3.63) is 34.9 Å². The summed E-state index contributed by atoms with van der Waals surface area (Å²) < 4.78 is 0. The zero-order valence-electron chi connectivity index (χ0n) is 14.0. The molecule has 1 aromatic rings. The Morgan fingerprint density at radius 3 is 2.14 bits per heavy atom. The van der Waals surface area contributed by atoms with E-state index in [4.69, 9.17) is 9.78 Å². The molecule has 0 spiro atoms. The van der Waals surface area contributed by atoms with E-state index in [-0.39, 0.29) is 5.92 Å². The Morgan fingerprint density at radius 2 is 1.67 bits per heavy atom. The Balaban J connectivity index is 2.96. The van der Waals surface area contributed by atoms with E-state index in [0.717, 1.165) is 11.1 Å². The van der Waals surface area contributed by atoms with Gasteiger partial charge in [-0.1, -0.05) is 39.8 Å². The van der Waals surface area contributed by atoms with Gasteiger partial charge in [-0.05, 0) is 54.8 Å². The first-order chi connectivity index (χ1) is 9.63. The van der Waals surface area contributed by atoms with Gasteiger partial charge in [-0.25, -0.2) is 4.79 Å². The van der Waals surface area contributed by atoms with E-state index in [1.807, 2.05) is 12.1 Å². The van der Waals surface area contributed by atoms with Gasteiger partial charge >= 0.3 is 5.97 Å². The van der Waals surface area contributed by atoms with E-state index >= 15 is 0 Å². The third-order valence-corrected chi connectivity index (χ3v) is 2.95. The summed E-state index contributed by atoms with van der Waals surface area (Å²) in [5.74, 6) is 0.0158. The van der Waals surface area contributed by atoms with Crippen molar-refractivity contribution in [2.45, 2.75) is 65.9 Å². The molecule has 118 valence electrons. The van der Waals surface area contributed by atoms with Crippen LogP contribution in [0, 0.1) is 0 Å². The molecule has 1 rings (SSSR count). The van der Waals surface area contributed by atoms with Gasteiger partial charge in [0.05, 0.1) is 11.2 Å². The van der Waals surface area contributed by atoms with E-state index < -0.39 is 11.6 Å². The van der Waals surface area contributed by atoms with Crippen LogP contribution in [0.4, 0.5) is 0 Å². The van der Waals surface area contributed by atoms with Crippen molar-refractivity contribution in [2.24, 2.45) is 0 Å². The Bertz CT molecular complexity index is 484. The van der Waals surface area contributed by atoms with Crippen molar-refractivity contribution in [1.29, 1.82) is 0 Å². The number of hydrogen-bond donors (Lipinski definition) is 0. The quantitative estimate of drug-likeness (QED) is 0.580. The number of hydrogen-bond acceptors (Lipinski definition) is 4. The van der Waals surface area contributed by atoms with Crippen LogP contribution >= 0.6 is 0 Å². The smallest absolute Gasteiger partial charge is 0.263 e. The van der Waals surface area contributed by atoms with E-state index in [1.54, 1.807) is 26.8 Å². The van der Waals surface area contributed by atoms with Crippen molar-refractivity contribution < 1.29 is 19.6 Å². The Kier molecular flexibility index (Phi) is 5.93. The normalized spacial score (nSPS) is 12.0. The van der Waals surface area contributed by atoms with Gasteiger partial charge in [0.1, 0.15) is 0 Å². The van der Waals surface area contributed by atoms with E-state index in [9.17, 15) is 4.79 Å². The lowest BCUT2D eigenvalue weighted by Crippen LogP contribution is -2.21. The second-order valence-electron chi connectivity index (χ2n) is 6.75. The van der Waals surface area contributed by atoms with Crippen LogP contribution in [0.25, 0.3) is 0 Å². The van der Waals surface area contributed by atoms with Gasteiger partial charge < -0.3 is 0 Å². The van der Waals surface area contributed by atoms with E-state index in [2.05, 4.69) is 32.7 Å². The standard InChI is InChI=1S/C17H26O4/c1-11(2)13-9-8-10-14(15(13)12(3)4)16(18)19-21-20-17(5,6)7/h8-12H,1-7H3. The van der Waals surface area contributed by atoms with Gasteiger partial charge in [0.25, 0.3) is 0 Å². The van der Waals surface area contributed by atoms with Gasteiger partial charge in [-0.2, -0.15) is 4.89 Å². The fourth-order valence-electron chi connectivity index (χ4n) is 2.10. The van der Waals surface area contributed by atoms with Crippen LogP contribution in [0.2, 0.25) is 0 Å². The molecule has 1 aromatic carbocycles. The second kappa shape index (κ2) is 7.05. The van der Waals surface area contributed by atoms with Gasteiger partial charge in [0, 0.05) is 0 Å². The summed E-state index contributed by atoms with van der Waals surface area (Å²) in [5, 5.41) is 4.60. The first-order valence-corrected chi connectivity index (χ1v) is 7.33. The SMILES string of the molecule is CC(C)c1cccc(C(=O)OOOC(C)(C)C)c1C(C)C. The molecule has 0 aromatic heterocycles. The molecular weight excluding hydrogens is 268 g/mol. The molecule has 0 saturated heterocycles. The van der Waals surface area contributed by atoms with Gasteiger partial charge in [0.15, 0.2) is 0 Å². The molecule has 0 bridgehead atoms. The molecule has 0 aliphatic carbocycles. The van der Waals surface area contributed by atoms with Crippen LogP contribution in [-0.2, 0) is 14.8 Å². The third-order valence-electron chi connectivity index (χ3n) is 2.95. The van der Waals surface area contributed by atoms with Crippen molar-refractivity contribution in [1.82, 2.24) is 0 Å². The Hall–Kier alpha value is -1.39. The molecule has 0 amide bonds. The van der Waals surface area contributed by atoms with Crippen LogP contribution in [0.5, 0.6) is 0 Å². The maximum absolute atomic E-state index is 12.2. The highest BCUT2D eigenvalue weighted by Crippen LogP contribution is 2.29. The molecule has 0 fully saturated rings. The average Bonchev–Trinajstić information content (AvgIpc) is 2.35. The minimum Gasteiger partial charge on any atom is -0.263 e. The summed E-state index contributed by atoms with van der Waals surface area (Å²) in [4.78, 5) is 21.9. The fourth-order valence-corrected chi connectivity index (χ4v) is 2.10. The van der Waals surface area contributed by atoms with Gasteiger partial charge in [0.2, 0.25) is 0 Å². The van der Waals surface area contributed by atoms with Crippen LogP contribution in [0.15, 0.2) is 18.2 Å². The Morgan fingerprint density at radius 1 is 1.05 bits per heavy atom. The molecule has 0 saturated carbocycles. The van der Waals surface area contributed by atoms with Crippen LogP contribution in [-0.4, -0.2) is 11.6 Å². The lowest BCUT2D eigenvalue weighted by atomic mass is 9.87. The zero-order valence-corrected chi connectivity index (χ0v) is 14.0. The first-order valence-electron chi connectivity index (χ1n) is 7.33. The molecule has 0 atom stereocenters. The number of carbonyl (C=O) groups excluding carboxylic acids is 1. The summed E-state index contributed by atoms with van der Waals surface area (Å²) in [6.07, 6.45) is 0. The average molecular weight is 294 g/mol. The van der Waals surface area contributed by atoms with E-state index in [0.29, 0.717) is 11.5 Å². The zero-order chi connectivity index (χ0) is 16.2. The fraction of sp³-hybridized carbons (Fsp3) is 0.588. The van der Waals surface area contributed by atoms with Gasteiger partial charge in [-0.3, -0.25) is 4.89 Å². The molecular formula is C17H26O4. The minimum atomic E-state index is -0.541. The molecule has 0 aliphatic heterocycles. The summed E-state index contributed by atoms with van der Waals surface area (Å²) in [7, 11) is 0. The summed E-state index contributed by atoms with van der Waals surface area (Å²) in [5.41, 5.74) is 2.13. The lowest BCUT2D eigenvalue weighted by molar-refractivity contribution is -0.510. The monoisotopic (exact) mass is 294 g/mol. The van der Waals surface area contributed by atoms with Crippen molar-refractivity contribution in [3.8, 4) is 0 Å². The summed E-state index contributed by atoms with van der Waals surface area (Å²) in [6, 6.07) is 5.66. The molecule has 0 radical (unpaired) electrons.